The molecule has 1 fully saturated rings. The smallest absolute Gasteiger partial charge is 0.241 e. The van der Waals surface area contributed by atoms with Gasteiger partial charge >= 0.3 is 0 Å². The zero-order valence-corrected chi connectivity index (χ0v) is 14.3. The third-order valence-corrected chi connectivity index (χ3v) is 6.27. The highest BCUT2D eigenvalue weighted by Gasteiger charge is 2.25. The third kappa shape index (κ3) is 5.03. The van der Waals surface area contributed by atoms with E-state index < -0.39 is 10.0 Å². The molecule has 0 unspecified atom stereocenters. The Hall–Kier alpha value is -0.470. The Morgan fingerprint density at radius 1 is 1.43 bits per heavy atom. The Bertz CT molecular complexity index is 551. The molecule has 1 saturated carbocycles. The summed E-state index contributed by atoms with van der Waals surface area (Å²) in [6.45, 7) is 6.07. The Morgan fingerprint density at radius 3 is 2.86 bits per heavy atom. The normalized spacial score (nSPS) is 15.5. The van der Waals surface area contributed by atoms with Gasteiger partial charge in [-0.2, -0.15) is 0 Å². The van der Waals surface area contributed by atoms with E-state index in [9.17, 15) is 8.42 Å². The summed E-state index contributed by atoms with van der Waals surface area (Å²) in [6.07, 6.45) is 3.08. The molecule has 2 N–H and O–H groups in total. The predicted octanol–water partition coefficient (Wildman–Crippen LogP) is 2.01. The summed E-state index contributed by atoms with van der Waals surface area (Å²) in [7, 11) is -3.43. The number of ether oxygens (including phenoxy) is 1. The minimum atomic E-state index is -3.43. The van der Waals surface area contributed by atoms with Gasteiger partial charge in [-0.3, -0.25) is 0 Å². The highest BCUT2D eigenvalue weighted by molar-refractivity contribution is 7.89. The van der Waals surface area contributed by atoms with E-state index in [0.717, 1.165) is 10.4 Å². The molecule has 0 radical (unpaired) electrons. The molecule has 0 aromatic carbocycles. The first-order valence-corrected chi connectivity index (χ1v) is 9.78. The zero-order chi connectivity index (χ0) is 15.3. The van der Waals surface area contributed by atoms with E-state index in [1.54, 1.807) is 0 Å². The topological polar surface area (TPSA) is 67.4 Å². The fourth-order valence-electron chi connectivity index (χ4n) is 2.09. The summed E-state index contributed by atoms with van der Waals surface area (Å²) in [6, 6.07) is 0.571. The monoisotopic (exact) mass is 332 g/mol. The van der Waals surface area contributed by atoms with Gasteiger partial charge in [-0.15, -0.1) is 11.3 Å². The molecule has 1 aromatic rings. The summed E-state index contributed by atoms with van der Waals surface area (Å²) < 4.78 is 32.8. The van der Waals surface area contributed by atoms with E-state index in [1.165, 1.54) is 24.2 Å². The van der Waals surface area contributed by atoms with Gasteiger partial charge in [0.2, 0.25) is 10.0 Å². The minimum Gasteiger partial charge on any atom is -0.382 e. The largest absolute Gasteiger partial charge is 0.382 e. The van der Waals surface area contributed by atoms with Crippen LogP contribution in [0.3, 0.4) is 0 Å². The molecule has 0 spiro atoms. The highest BCUT2D eigenvalue weighted by atomic mass is 32.2. The average Bonchev–Trinajstić information content (AvgIpc) is 3.18. The van der Waals surface area contributed by atoms with Crippen molar-refractivity contribution in [1.82, 2.24) is 10.0 Å². The van der Waals surface area contributed by atoms with Crippen molar-refractivity contribution in [2.45, 2.75) is 50.6 Å². The van der Waals surface area contributed by atoms with Crippen molar-refractivity contribution in [2.75, 3.05) is 19.8 Å². The minimum absolute atomic E-state index is 0.410. The molecule has 0 saturated heterocycles. The summed E-state index contributed by atoms with van der Waals surface area (Å²) in [5.41, 5.74) is 0.824. The van der Waals surface area contributed by atoms with Crippen molar-refractivity contribution in [2.24, 2.45) is 0 Å². The lowest BCUT2D eigenvalue weighted by atomic mass is 10.3. The molecule has 0 bridgehead atoms. The van der Waals surface area contributed by atoms with Gasteiger partial charge in [0, 0.05) is 37.2 Å². The van der Waals surface area contributed by atoms with E-state index in [1.807, 2.05) is 19.2 Å². The maximum atomic E-state index is 12.5. The van der Waals surface area contributed by atoms with Crippen LogP contribution in [-0.4, -0.2) is 34.2 Å². The second-order valence-electron chi connectivity index (χ2n) is 5.27. The third-order valence-electron chi connectivity index (χ3n) is 3.35. The van der Waals surface area contributed by atoms with Gasteiger partial charge in [-0.05, 0) is 44.1 Å². The molecule has 5 nitrogen and oxygen atoms in total. The first kappa shape index (κ1) is 16.9. The summed E-state index contributed by atoms with van der Waals surface area (Å²) in [5, 5.41) is 5.30. The molecule has 0 atom stereocenters. The van der Waals surface area contributed by atoms with Crippen molar-refractivity contribution in [3.05, 3.63) is 15.8 Å². The molecule has 1 heterocycles. The van der Waals surface area contributed by atoms with Crippen LogP contribution in [0.4, 0.5) is 0 Å². The van der Waals surface area contributed by atoms with Crippen molar-refractivity contribution < 1.29 is 13.2 Å². The quantitative estimate of drug-likeness (QED) is 0.643. The highest BCUT2D eigenvalue weighted by Crippen LogP contribution is 2.28. The van der Waals surface area contributed by atoms with Crippen LogP contribution in [-0.2, 0) is 21.3 Å². The Balaban J connectivity index is 1.95. The zero-order valence-electron chi connectivity index (χ0n) is 12.6. The molecule has 1 aliphatic carbocycles. The van der Waals surface area contributed by atoms with E-state index in [0.29, 0.717) is 43.7 Å². The van der Waals surface area contributed by atoms with Crippen LogP contribution in [0.25, 0.3) is 0 Å². The fraction of sp³-hybridized carbons (Fsp3) is 0.714. The standard InChI is InChI=1S/C14H24N2O3S2/c1-3-19-8-4-7-16-21(17,18)14-11(2)10-20-13(14)9-15-12-5-6-12/h10,12,15-16H,3-9H2,1-2H3. The number of thiophene rings is 1. The summed E-state index contributed by atoms with van der Waals surface area (Å²) in [5.74, 6) is 0. The molecule has 120 valence electrons. The second kappa shape index (κ2) is 7.69. The van der Waals surface area contributed by atoms with E-state index in [2.05, 4.69) is 10.0 Å². The van der Waals surface area contributed by atoms with Crippen molar-refractivity contribution in [3.63, 3.8) is 0 Å². The van der Waals surface area contributed by atoms with E-state index in [-0.39, 0.29) is 0 Å². The van der Waals surface area contributed by atoms with Gasteiger partial charge in [0.25, 0.3) is 0 Å². The number of sulfonamides is 1. The molecule has 0 amide bonds. The van der Waals surface area contributed by atoms with Gasteiger partial charge in [0.15, 0.2) is 0 Å². The predicted molar refractivity (Wildman–Crippen MR) is 85.2 cm³/mol. The maximum Gasteiger partial charge on any atom is 0.241 e. The van der Waals surface area contributed by atoms with E-state index >= 15 is 0 Å². The van der Waals surface area contributed by atoms with Gasteiger partial charge in [0.05, 0.1) is 0 Å². The van der Waals surface area contributed by atoms with Crippen LogP contribution < -0.4 is 10.0 Å². The molecule has 1 aliphatic rings. The van der Waals surface area contributed by atoms with Crippen molar-refractivity contribution in [3.8, 4) is 0 Å². The number of hydrogen-bond acceptors (Lipinski definition) is 5. The van der Waals surface area contributed by atoms with E-state index in [4.69, 9.17) is 4.74 Å². The lowest BCUT2D eigenvalue weighted by Crippen LogP contribution is -2.27. The van der Waals surface area contributed by atoms with Crippen LogP contribution in [0.1, 0.15) is 36.6 Å². The van der Waals surface area contributed by atoms with Gasteiger partial charge < -0.3 is 10.1 Å². The molecule has 21 heavy (non-hydrogen) atoms. The molecular formula is C14H24N2O3S2. The summed E-state index contributed by atoms with van der Waals surface area (Å²) in [4.78, 5) is 1.36. The first-order valence-electron chi connectivity index (χ1n) is 7.42. The van der Waals surface area contributed by atoms with Crippen LogP contribution in [0, 0.1) is 6.92 Å². The van der Waals surface area contributed by atoms with Crippen molar-refractivity contribution in [1.29, 1.82) is 0 Å². The molecule has 1 aromatic heterocycles. The van der Waals surface area contributed by atoms with Gasteiger partial charge in [-0.1, -0.05) is 0 Å². The van der Waals surface area contributed by atoms with Crippen LogP contribution in [0.15, 0.2) is 10.3 Å². The SMILES string of the molecule is CCOCCCNS(=O)(=O)c1c(C)csc1CNC1CC1. The Kier molecular flexibility index (Phi) is 6.19. The number of rotatable bonds is 10. The van der Waals surface area contributed by atoms with Gasteiger partial charge in [-0.25, -0.2) is 13.1 Å². The van der Waals surface area contributed by atoms with Crippen LogP contribution in [0.2, 0.25) is 0 Å². The molecule has 0 aliphatic heterocycles. The second-order valence-corrected chi connectivity index (χ2v) is 7.94. The van der Waals surface area contributed by atoms with Crippen LogP contribution >= 0.6 is 11.3 Å². The van der Waals surface area contributed by atoms with Gasteiger partial charge in [0.1, 0.15) is 4.90 Å². The Labute approximate surface area is 131 Å². The lowest BCUT2D eigenvalue weighted by Gasteiger charge is -2.10. The molecular weight excluding hydrogens is 308 g/mol. The maximum absolute atomic E-state index is 12.5. The number of aryl methyl sites for hydroxylation is 1. The lowest BCUT2D eigenvalue weighted by molar-refractivity contribution is 0.146. The summed E-state index contributed by atoms with van der Waals surface area (Å²) >= 11 is 1.51. The number of nitrogens with one attached hydrogen (secondary N) is 2. The Morgan fingerprint density at radius 2 is 2.19 bits per heavy atom. The van der Waals surface area contributed by atoms with Crippen molar-refractivity contribution >= 4 is 21.4 Å². The molecule has 7 heteroatoms. The fourth-order valence-corrected chi connectivity index (χ4v) is 4.92. The van der Waals surface area contributed by atoms with Crippen LogP contribution in [0.5, 0.6) is 0 Å². The average molecular weight is 332 g/mol. The molecule has 2 rings (SSSR count). The number of hydrogen-bond donors (Lipinski definition) is 2. The first-order chi connectivity index (χ1) is 10.0.